The molecule has 100 valence electrons. The van der Waals surface area contributed by atoms with Crippen molar-refractivity contribution in [3.8, 4) is 0 Å². The summed E-state index contributed by atoms with van der Waals surface area (Å²) in [7, 11) is 0. The van der Waals surface area contributed by atoms with Crippen LogP contribution in [0.4, 0.5) is 5.00 Å². The Morgan fingerprint density at radius 2 is 2.06 bits per heavy atom. The van der Waals surface area contributed by atoms with Gasteiger partial charge >= 0.3 is 5.97 Å². The quantitative estimate of drug-likeness (QED) is 0.742. The van der Waals surface area contributed by atoms with Gasteiger partial charge in [0, 0.05) is 11.3 Å². The lowest BCUT2D eigenvalue weighted by Gasteiger charge is -2.03. The number of amides is 1. The number of rotatable bonds is 7. The molecule has 4 nitrogen and oxygen atoms in total. The summed E-state index contributed by atoms with van der Waals surface area (Å²) in [5, 5.41) is 12.1. The van der Waals surface area contributed by atoms with Crippen molar-refractivity contribution in [3.05, 3.63) is 16.5 Å². The topological polar surface area (TPSA) is 66.4 Å². The summed E-state index contributed by atoms with van der Waals surface area (Å²) in [5.74, 6) is -1.10. The molecule has 0 aliphatic carbocycles. The zero-order valence-electron chi connectivity index (χ0n) is 10.8. The highest BCUT2D eigenvalue weighted by molar-refractivity contribution is 7.16. The van der Waals surface area contributed by atoms with E-state index in [0.717, 1.165) is 30.6 Å². The van der Waals surface area contributed by atoms with Crippen LogP contribution in [0.5, 0.6) is 0 Å². The number of carboxylic acid groups (broad SMARTS) is 1. The number of unbranched alkanes of at least 4 members (excludes halogenated alkanes) is 3. The van der Waals surface area contributed by atoms with Crippen molar-refractivity contribution in [1.29, 1.82) is 0 Å². The summed E-state index contributed by atoms with van der Waals surface area (Å²) in [6.07, 6.45) is 4.61. The predicted molar refractivity (Wildman–Crippen MR) is 73.4 cm³/mol. The number of carboxylic acids is 1. The van der Waals surface area contributed by atoms with Gasteiger partial charge in [0.15, 0.2) is 0 Å². The first-order valence-corrected chi connectivity index (χ1v) is 6.99. The largest absolute Gasteiger partial charge is 0.478 e. The summed E-state index contributed by atoms with van der Waals surface area (Å²) < 4.78 is 0. The van der Waals surface area contributed by atoms with E-state index in [1.54, 1.807) is 6.07 Å². The Bertz CT molecular complexity index is 426. The molecule has 2 N–H and O–H groups in total. The molecule has 1 aromatic rings. The van der Waals surface area contributed by atoms with Crippen LogP contribution in [-0.2, 0) is 4.79 Å². The van der Waals surface area contributed by atoms with Gasteiger partial charge in [-0.05, 0) is 19.4 Å². The molecule has 0 saturated heterocycles. The first-order chi connectivity index (χ1) is 8.54. The number of thiophene rings is 1. The van der Waals surface area contributed by atoms with Gasteiger partial charge in [-0.2, -0.15) is 0 Å². The van der Waals surface area contributed by atoms with E-state index in [0.29, 0.717) is 11.4 Å². The minimum absolute atomic E-state index is 0.101. The van der Waals surface area contributed by atoms with Gasteiger partial charge in [-0.25, -0.2) is 4.79 Å². The van der Waals surface area contributed by atoms with Crippen LogP contribution in [0.15, 0.2) is 6.07 Å². The summed E-state index contributed by atoms with van der Waals surface area (Å²) in [6.45, 7) is 3.95. The van der Waals surface area contributed by atoms with E-state index in [-0.39, 0.29) is 11.5 Å². The lowest BCUT2D eigenvalue weighted by Crippen LogP contribution is -2.12. The molecule has 0 unspecified atom stereocenters. The van der Waals surface area contributed by atoms with Crippen molar-refractivity contribution < 1.29 is 14.7 Å². The van der Waals surface area contributed by atoms with Crippen molar-refractivity contribution in [1.82, 2.24) is 0 Å². The summed E-state index contributed by atoms with van der Waals surface area (Å²) >= 11 is 1.30. The van der Waals surface area contributed by atoms with Gasteiger partial charge < -0.3 is 10.4 Å². The van der Waals surface area contributed by atoms with Gasteiger partial charge in [0.2, 0.25) is 5.91 Å². The van der Waals surface area contributed by atoms with E-state index >= 15 is 0 Å². The van der Waals surface area contributed by atoms with Crippen LogP contribution in [0.25, 0.3) is 0 Å². The maximum atomic E-state index is 11.7. The maximum Gasteiger partial charge on any atom is 0.338 e. The fourth-order valence-corrected chi connectivity index (χ4v) is 2.59. The highest BCUT2D eigenvalue weighted by atomic mass is 32.1. The lowest BCUT2D eigenvalue weighted by atomic mass is 10.1. The summed E-state index contributed by atoms with van der Waals surface area (Å²) in [4.78, 5) is 23.5. The van der Waals surface area contributed by atoms with Crippen molar-refractivity contribution in [2.45, 2.75) is 46.0 Å². The molecule has 1 amide bonds. The smallest absolute Gasteiger partial charge is 0.338 e. The van der Waals surface area contributed by atoms with E-state index in [1.807, 2.05) is 6.92 Å². The zero-order chi connectivity index (χ0) is 13.5. The third-order valence-electron chi connectivity index (χ3n) is 2.60. The second kappa shape index (κ2) is 7.16. The number of hydrogen-bond acceptors (Lipinski definition) is 3. The van der Waals surface area contributed by atoms with Crippen molar-refractivity contribution in [2.24, 2.45) is 0 Å². The third-order valence-corrected chi connectivity index (χ3v) is 3.56. The summed E-state index contributed by atoms with van der Waals surface area (Å²) in [6, 6.07) is 1.58. The van der Waals surface area contributed by atoms with E-state index in [2.05, 4.69) is 12.2 Å². The molecule has 5 heteroatoms. The summed E-state index contributed by atoms with van der Waals surface area (Å²) in [5.41, 5.74) is 0.180. The average molecular weight is 269 g/mol. The fraction of sp³-hybridized carbons (Fsp3) is 0.538. The van der Waals surface area contributed by atoms with E-state index < -0.39 is 5.97 Å². The molecule has 0 saturated carbocycles. The molecule has 0 spiro atoms. The van der Waals surface area contributed by atoms with Gasteiger partial charge in [0.05, 0.1) is 5.56 Å². The number of nitrogens with one attached hydrogen (secondary N) is 1. The number of carbonyl (C=O) groups excluding carboxylic acids is 1. The first-order valence-electron chi connectivity index (χ1n) is 6.18. The average Bonchev–Trinajstić information content (AvgIpc) is 2.66. The molecule has 0 bridgehead atoms. The Morgan fingerprint density at radius 3 is 2.67 bits per heavy atom. The van der Waals surface area contributed by atoms with Gasteiger partial charge in [-0.15, -0.1) is 11.3 Å². The Balaban J connectivity index is 2.51. The van der Waals surface area contributed by atoms with Crippen LogP contribution >= 0.6 is 11.3 Å². The molecule has 18 heavy (non-hydrogen) atoms. The van der Waals surface area contributed by atoms with Crippen molar-refractivity contribution >= 4 is 28.2 Å². The van der Waals surface area contributed by atoms with E-state index in [1.165, 1.54) is 11.3 Å². The molecule has 1 heterocycles. The molecule has 1 aromatic heterocycles. The second-order valence-corrected chi connectivity index (χ2v) is 5.52. The zero-order valence-corrected chi connectivity index (χ0v) is 11.6. The van der Waals surface area contributed by atoms with Crippen LogP contribution in [0.2, 0.25) is 0 Å². The van der Waals surface area contributed by atoms with E-state index in [4.69, 9.17) is 5.11 Å². The van der Waals surface area contributed by atoms with Crippen LogP contribution < -0.4 is 5.32 Å². The molecular weight excluding hydrogens is 250 g/mol. The third kappa shape index (κ3) is 4.49. The molecule has 0 radical (unpaired) electrons. The van der Waals surface area contributed by atoms with E-state index in [9.17, 15) is 9.59 Å². The highest BCUT2D eigenvalue weighted by Crippen LogP contribution is 2.27. The van der Waals surface area contributed by atoms with Crippen molar-refractivity contribution in [3.63, 3.8) is 0 Å². The van der Waals surface area contributed by atoms with Crippen LogP contribution in [0, 0.1) is 6.92 Å². The fourth-order valence-electron chi connectivity index (χ4n) is 1.67. The van der Waals surface area contributed by atoms with Gasteiger partial charge in [-0.3, -0.25) is 4.79 Å². The lowest BCUT2D eigenvalue weighted by molar-refractivity contribution is -0.116. The normalized spacial score (nSPS) is 10.3. The molecular formula is C13H19NO3S. The Morgan fingerprint density at radius 1 is 1.33 bits per heavy atom. The number of aromatic carboxylic acids is 1. The SMILES string of the molecule is CCCCCCC(=O)Nc1sc(C)cc1C(=O)O. The minimum atomic E-state index is -0.999. The Kier molecular flexibility index (Phi) is 5.85. The minimum Gasteiger partial charge on any atom is -0.478 e. The number of aryl methyl sites for hydroxylation is 1. The molecule has 1 rings (SSSR count). The molecule has 0 fully saturated rings. The number of anilines is 1. The molecule has 0 aliphatic heterocycles. The predicted octanol–water partition coefficient (Wildman–Crippen LogP) is 3.66. The Hall–Kier alpha value is -1.36. The van der Waals surface area contributed by atoms with Crippen LogP contribution in [0.3, 0.4) is 0 Å². The standard InChI is InChI=1S/C13H19NO3S/c1-3-4-5-6-7-11(15)14-12-10(13(16)17)8-9(2)18-12/h8H,3-7H2,1-2H3,(H,14,15)(H,16,17). The molecule has 0 atom stereocenters. The van der Waals surface area contributed by atoms with Gasteiger partial charge in [-0.1, -0.05) is 26.2 Å². The van der Waals surface area contributed by atoms with Crippen LogP contribution in [-0.4, -0.2) is 17.0 Å². The number of hydrogen-bond donors (Lipinski definition) is 2. The van der Waals surface area contributed by atoms with Crippen LogP contribution in [0.1, 0.15) is 54.3 Å². The van der Waals surface area contributed by atoms with Crippen molar-refractivity contribution in [2.75, 3.05) is 5.32 Å². The maximum absolute atomic E-state index is 11.7. The Labute approximate surface area is 111 Å². The van der Waals surface area contributed by atoms with Gasteiger partial charge in [0.25, 0.3) is 0 Å². The molecule has 0 aliphatic rings. The highest BCUT2D eigenvalue weighted by Gasteiger charge is 2.15. The molecule has 0 aromatic carbocycles. The number of carbonyl (C=O) groups is 2. The second-order valence-electron chi connectivity index (χ2n) is 4.26. The first kappa shape index (κ1) is 14.7. The monoisotopic (exact) mass is 269 g/mol. The van der Waals surface area contributed by atoms with Gasteiger partial charge in [0.1, 0.15) is 5.00 Å².